The molecule has 0 fully saturated rings. The van der Waals surface area contributed by atoms with Crippen LogP contribution in [0.5, 0.6) is 0 Å². The molecule has 0 N–H and O–H groups in total. The molecule has 3 aromatic rings. The van der Waals surface area contributed by atoms with Crippen molar-refractivity contribution < 1.29 is 0 Å². The molecular formula is C20H21. The standard InChI is InChI=1S/C20H21/c1-2-3-4-5-8-16-11-14-20-18(15-16)13-12-17-9-6-7-10-19(17)20/h6-7,9-14H,2-5,8H2,1H3. The Bertz CT molecular complexity index is 709. The van der Waals surface area contributed by atoms with Crippen molar-refractivity contribution >= 4 is 21.5 Å². The van der Waals surface area contributed by atoms with Crippen molar-refractivity contribution in [3.63, 3.8) is 0 Å². The van der Waals surface area contributed by atoms with E-state index in [1.807, 2.05) is 0 Å². The minimum atomic E-state index is 1.16. The Morgan fingerprint density at radius 1 is 0.800 bits per heavy atom. The number of unbranched alkanes of at least 4 members (excludes halogenated alkanes) is 3. The number of fused-ring (bicyclic) bond motifs is 3. The fourth-order valence-corrected chi connectivity index (χ4v) is 2.87. The second kappa shape index (κ2) is 6.09. The largest absolute Gasteiger partial charge is 0.0654 e. The molecule has 0 aliphatic carbocycles. The van der Waals surface area contributed by atoms with Gasteiger partial charge in [-0.25, -0.2) is 0 Å². The highest BCUT2D eigenvalue weighted by Gasteiger charge is 2.02. The first-order valence-electron chi connectivity index (χ1n) is 7.71. The molecule has 1 radical (unpaired) electrons. The maximum absolute atomic E-state index is 3.60. The van der Waals surface area contributed by atoms with E-state index in [2.05, 4.69) is 61.5 Å². The van der Waals surface area contributed by atoms with E-state index < -0.39 is 0 Å². The lowest BCUT2D eigenvalue weighted by molar-refractivity contribution is 0.667. The van der Waals surface area contributed by atoms with Crippen LogP contribution >= 0.6 is 0 Å². The molecule has 3 rings (SSSR count). The number of benzene rings is 3. The van der Waals surface area contributed by atoms with Crippen LogP contribution in [0.15, 0.2) is 48.5 Å². The van der Waals surface area contributed by atoms with Gasteiger partial charge in [0.15, 0.2) is 0 Å². The number of hydrogen-bond acceptors (Lipinski definition) is 0. The van der Waals surface area contributed by atoms with Crippen molar-refractivity contribution in [3.05, 3.63) is 60.2 Å². The van der Waals surface area contributed by atoms with Crippen molar-refractivity contribution in [2.75, 3.05) is 0 Å². The Morgan fingerprint density at radius 3 is 2.60 bits per heavy atom. The molecule has 0 aliphatic heterocycles. The Hall–Kier alpha value is -1.82. The van der Waals surface area contributed by atoms with Crippen molar-refractivity contribution in [2.24, 2.45) is 0 Å². The molecule has 0 saturated carbocycles. The molecule has 0 unspecified atom stereocenters. The van der Waals surface area contributed by atoms with Gasteiger partial charge in [0.2, 0.25) is 0 Å². The molecule has 0 atom stereocenters. The summed E-state index contributed by atoms with van der Waals surface area (Å²) in [6, 6.07) is 21.1. The molecule has 0 amide bonds. The summed E-state index contributed by atoms with van der Waals surface area (Å²) in [5, 5.41) is 5.21. The monoisotopic (exact) mass is 261 g/mol. The van der Waals surface area contributed by atoms with Gasteiger partial charge in [0.25, 0.3) is 0 Å². The fraction of sp³-hybridized carbons (Fsp3) is 0.300. The van der Waals surface area contributed by atoms with Crippen LogP contribution in [0.2, 0.25) is 0 Å². The zero-order valence-corrected chi connectivity index (χ0v) is 12.2. The van der Waals surface area contributed by atoms with Crippen molar-refractivity contribution in [2.45, 2.75) is 39.0 Å². The molecule has 0 nitrogen and oxygen atoms in total. The molecule has 0 aromatic heterocycles. The molecule has 0 aliphatic rings. The Balaban J connectivity index is 1.90. The summed E-state index contributed by atoms with van der Waals surface area (Å²) in [4.78, 5) is 0. The Kier molecular flexibility index (Phi) is 4.01. The summed E-state index contributed by atoms with van der Waals surface area (Å²) in [6.45, 7) is 2.26. The van der Waals surface area contributed by atoms with E-state index in [-0.39, 0.29) is 0 Å². The summed E-state index contributed by atoms with van der Waals surface area (Å²) in [6.07, 6.45) is 6.41. The van der Waals surface area contributed by atoms with Crippen LogP contribution in [-0.4, -0.2) is 0 Å². The van der Waals surface area contributed by atoms with E-state index in [0.717, 1.165) is 6.42 Å². The summed E-state index contributed by atoms with van der Waals surface area (Å²) >= 11 is 0. The predicted octanol–water partition coefficient (Wildman–Crippen LogP) is 5.92. The van der Waals surface area contributed by atoms with Crippen molar-refractivity contribution in [3.8, 4) is 0 Å². The minimum Gasteiger partial charge on any atom is -0.0654 e. The maximum Gasteiger partial charge on any atom is -0.00641 e. The average molecular weight is 261 g/mol. The molecule has 101 valence electrons. The van der Waals surface area contributed by atoms with Crippen LogP contribution in [0.3, 0.4) is 0 Å². The topological polar surface area (TPSA) is 0 Å². The Labute approximate surface area is 121 Å². The van der Waals surface area contributed by atoms with Crippen LogP contribution in [0.25, 0.3) is 21.5 Å². The number of rotatable bonds is 5. The number of hydrogen-bond donors (Lipinski definition) is 0. The van der Waals surface area contributed by atoms with Gasteiger partial charge in [-0.3, -0.25) is 0 Å². The van der Waals surface area contributed by atoms with Gasteiger partial charge in [0, 0.05) is 0 Å². The highest BCUT2D eigenvalue weighted by molar-refractivity contribution is 6.07. The van der Waals surface area contributed by atoms with E-state index in [1.54, 1.807) is 0 Å². The normalized spacial score (nSPS) is 11.2. The van der Waals surface area contributed by atoms with Gasteiger partial charge in [0.1, 0.15) is 0 Å². The molecule has 0 heteroatoms. The van der Waals surface area contributed by atoms with Crippen LogP contribution < -0.4 is 0 Å². The van der Waals surface area contributed by atoms with E-state index >= 15 is 0 Å². The molecule has 20 heavy (non-hydrogen) atoms. The highest BCUT2D eigenvalue weighted by Crippen LogP contribution is 2.26. The lowest BCUT2D eigenvalue weighted by atomic mass is 9.98. The van der Waals surface area contributed by atoms with E-state index in [4.69, 9.17) is 0 Å². The van der Waals surface area contributed by atoms with Gasteiger partial charge in [-0.05, 0) is 46.0 Å². The first-order valence-corrected chi connectivity index (χ1v) is 7.71. The molecule has 0 spiro atoms. The molecule has 0 saturated heterocycles. The lowest BCUT2D eigenvalue weighted by Crippen LogP contribution is -1.87. The SMILES string of the molecule is CCCCCCc1[c]c2ccc3ccccc3c2cc1. The summed E-state index contributed by atoms with van der Waals surface area (Å²) in [5.41, 5.74) is 1.35. The molecule has 0 heterocycles. The third kappa shape index (κ3) is 2.70. The summed E-state index contributed by atoms with van der Waals surface area (Å²) in [7, 11) is 0. The number of aryl methyl sites for hydroxylation is 1. The predicted molar refractivity (Wildman–Crippen MR) is 88.1 cm³/mol. The third-order valence-electron chi connectivity index (χ3n) is 4.02. The molecule has 0 bridgehead atoms. The van der Waals surface area contributed by atoms with Crippen LogP contribution in [0, 0.1) is 6.07 Å². The molecule has 3 aromatic carbocycles. The van der Waals surface area contributed by atoms with Gasteiger partial charge in [-0.2, -0.15) is 0 Å². The van der Waals surface area contributed by atoms with Crippen LogP contribution in [0.1, 0.15) is 38.2 Å². The zero-order chi connectivity index (χ0) is 13.8. The second-order valence-corrected chi connectivity index (χ2v) is 5.54. The van der Waals surface area contributed by atoms with Gasteiger partial charge in [0.05, 0.1) is 0 Å². The van der Waals surface area contributed by atoms with Crippen molar-refractivity contribution in [1.82, 2.24) is 0 Å². The summed E-state index contributed by atoms with van der Waals surface area (Å²) < 4.78 is 0. The second-order valence-electron chi connectivity index (χ2n) is 5.54. The third-order valence-corrected chi connectivity index (χ3v) is 4.02. The van der Waals surface area contributed by atoms with Crippen molar-refractivity contribution in [1.29, 1.82) is 0 Å². The highest BCUT2D eigenvalue weighted by atomic mass is 14.1. The van der Waals surface area contributed by atoms with Gasteiger partial charge in [-0.15, -0.1) is 0 Å². The van der Waals surface area contributed by atoms with Gasteiger partial charge in [-0.1, -0.05) is 74.7 Å². The van der Waals surface area contributed by atoms with Gasteiger partial charge >= 0.3 is 0 Å². The Morgan fingerprint density at radius 2 is 1.70 bits per heavy atom. The van der Waals surface area contributed by atoms with E-state index in [1.165, 1.54) is 52.8 Å². The smallest absolute Gasteiger partial charge is 0.00641 e. The quantitative estimate of drug-likeness (QED) is 0.395. The van der Waals surface area contributed by atoms with E-state index in [0.29, 0.717) is 0 Å². The fourth-order valence-electron chi connectivity index (χ4n) is 2.87. The zero-order valence-electron chi connectivity index (χ0n) is 12.2. The first kappa shape index (κ1) is 13.2. The average Bonchev–Trinajstić information content (AvgIpc) is 2.51. The molecular weight excluding hydrogens is 240 g/mol. The van der Waals surface area contributed by atoms with Crippen LogP contribution in [0.4, 0.5) is 0 Å². The minimum absolute atomic E-state index is 1.16. The summed E-state index contributed by atoms with van der Waals surface area (Å²) in [5.74, 6) is 0. The van der Waals surface area contributed by atoms with E-state index in [9.17, 15) is 0 Å². The van der Waals surface area contributed by atoms with Crippen LogP contribution in [-0.2, 0) is 6.42 Å². The van der Waals surface area contributed by atoms with Gasteiger partial charge < -0.3 is 0 Å². The maximum atomic E-state index is 3.60. The lowest BCUT2D eigenvalue weighted by Gasteiger charge is -2.06. The first-order chi connectivity index (χ1) is 9.88.